The summed E-state index contributed by atoms with van der Waals surface area (Å²) in [6.07, 6.45) is 2.81. The van der Waals surface area contributed by atoms with E-state index in [4.69, 9.17) is 23.2 Å². The van der Waals surface area contributed by atoms with Crippen LogP contribution in [0.15, 0.2) is 18.2 Å². The Morgan fingerprint density at radius 2 is 1.84 bits per heavy atom. The molecule has 1 N–H and O–H groups in total. The van der Waals surface area contributed by atoms with Crippen molar-refractivity contribution in [2.75, 3.05) is 27.2 Å². The molecule has 0 aliphatic carbocycles. The minimum atomic E-state index is -0.0682. The summed E-state index contributed by atoms with van der Waals surface area (Å²) in [6, 6.07) is 5.82. The van der Waals surface area contributed by atoms with Crippen LogP contribution < -0.4 is 0 Å². The highest BCUT2D eigenvalue weighted by atomic mass is 35.5. The molecule has 1 aromatic rings. The van der Waals surface area contributed by atoms with Gasteiger partial charge in [0.1, 0.15) is 0 Å². The van der Waals surface area contributed by atoms with Crippen molar-refractivity contribution in [1.82, 2.24) is 4.90 Å². The molecular weight excluding hydrogens is 281 g/mol. The first kappa shape index (κ1) is 16.8. The second-order valence-electron chi connectivity index (χ2n) is 5.37. The van der Waals surface area contributed by atoms with E-state index in [2.05, 4.69) is 25.9 Å². The molecular formula is C15H23Cl2NO. The Balaban J connectivity index is 3.21. The monoisotopic (exact) mass is 303 g/mol. The molecule has 19 heavy (non-hydrogen) atoms. The van der Waals surface area contributed by atoms with E-state index in [1.54, 1.807) is 0 Å². The van der Waals surface area contributed by atoms with Gasteiger partial charge < -0.3 is 10.0 Å². The van der Waals surface area contributed by atoms with E-state index in [0.717, 1.165) is 31.4 Å². The molecule has 0 bridgehead atoms. The Morgan fingerprint density at radius 3 is 2.32 bits per heavy atom. The zero-order valence-electron chi connectivity index (χ0n) is 11.9. The van der Waals surface area contributed by atoms with Gasteiger partial charge in [-0.3, -0.25) is 0 Å². The number of hydrogen-bond acceptors (Lipinski definition) is 2. The maximum absolute atomic E-state index is 9.45. The molecule has 0 unspecified atom stereocenters. The van der Waals surface area contributed by atoms with Crippen LogP contribution >= 0.6 is 23.2 Å². The van der Waals surface area contributed by atoms with Gasteiger partial charge in [0, 0.05) is 18.6 Å². The first-order valence-electron chi connectivity index (χ1n) is 6.66. The molecule has 0 aliphatic rings. The van der Waals surface area contributed by atoms with Gasteiger partial charge in [-0.25, -0.2) is 0 Å². The second kappa shape index (κ2) is 7.49. The molecule has 0 fully saturated rings. The fourth-order valence-corrected chi connectivity index (χ4v) is 3.09. The first-order chi connectivity index (χ1) is 8.95. The number of aliphatic hydroxyl groups is 1. The Morgan fingerprint density at radius 1 is 1.16 bits per heavy atom. The highest BCUT2D eigenvalue weighted by Gasteiger charge is 2.32. The van der Waals surface area contributed by atoms with Crippen molar-refractivity contribution in [3.05, 3.63) is 33.8 Å². The smallest absolute Gasteiger partial charge is 0.0595 e. The molecule has 0 aromatic heterocycles. The fraction of sp³-hybridized carbons (Fsp3) is 0.600. The van der Waals surface area contributed by atoms with E-state index in [1.165, 1.54) is 0 Å². The van der Waals surface area contributed by atoms with Crippen LogP contribution in [0.4, 0.5) is 0 Å². The number of likely N-dealkylation sites (N-methyl/N-ethyl adjacent to an activating group) is 1. The summed E-state index contributed by atoms with van der Waals surface area (Å²) in [7, 11) is 4.11. The Kier molecular flexibility index (Phi) is 6.61. The standard InChI is InChI=1S/C15H23Cl2NO/c1-4-7-15(8-9-19,11-18(2)3)12-5-6-13(16)14(17)10-12/h5-6,10,19H,4,7-9,11H2,1-3H3/t15-/m0/s1. The highest BCUT2D eigenvalue weighted by molar-refractivity contribution is 6.42. The third kappa shape index (κ3) is 4.35. The molecule has 0 saturated heterocycles. The molecule has 0 heterocycles. The van der Waals surface area contributed by atoms with E-state index < -0.39 is 0 Å². The van der Waals surface area contributed by atoms with Crippen molar-refractivity contribution >= 4 is 23.2 Å². The predicted molar refractivity (Wildman–Crippen MR) is 83.3 cm³/mol. The van der Waals surface area contributed by atoms with E-state index in [1.807, 2.05) is 18.2 Å². The van der Waals surface area contributed by atoms with Crippen LogP contribution in [0.25, 0.3) is 0 Å². The minimum absolute atomic E-state index is 0.0682. The summed E-state index contributed by atoms with van der Waals surface area (Å²) in [4.78, 5) is 2.16. The normalized spacial score (nSPS) is 14.7. The third-order valence-corrected chi connectivity index (χ3v) is 4.21. The van der Waals surface area contributed by atoms with Gasteiger partial charge in [0.2, 0.25) is 0 Å². The van der Waals surface area contributed by atoms with E-state index in [9.17, 15) is 5.11 Å². The number of aliphatic hydroxyl groups excluding tert-OH is 1. The quantitative estimate of drug-likeness (QED) is 0.824. The predicted octanol–water partition coefficient (Wildman–Crippen LogP) is 3.98. The topological polar surface area (TPSA) is 23.5 Å². The van der Waals surface area contributed by atoms with Crippen LogP contribution in [-0.2, 0) is 5.41 Å². The highest BCUT2D eigenvalue weighted by Crippen LogP contribution is 2.36. The number of rotatable bonds is 7. The summed E-state index contributed by atoms with van der Waals surface area (Å²) in [5, 5.41) is 10.6. The van der Waals surface area contributed by atoms with Crippen molar-refractivity contribution in [2.24, 2.45) is 0 Å². The number of benzene rings is 1. The van der Waals surface area contributed by atoms with E-state index in [-0.39, 0.29) is 12.0 Å². The molecule has 2 nitrogen and oxygen atoms in total. The minimum Gasteiger partial charge on any atom is -0.396 e. The molecule has 1 aromatic carbocycles. The Hall–Kier alpha value is -0.280. The summed E-state index contributed by atoms with van der Waals surface area (Å²) in [5.41, 5.74) is 1.09. The number of halogens is 2. The third-order valence-electron chi connectivity index (χ3n) is 3.47. The SMILES string of the molecule is CCC[C@](CCO)(CN(C)C)c1ccc(Cl)c(Cl)c1. The van der Waals surface area contributed by atoms with Gasteiger partial charge in [0.15, 0.2) is 0 Å². The largest absolute Gasteiger partial charge is 0.396 e. The van der Waals surface area contributed by atoms with Crippen molar-refractivity contribution in [2.45, 2.75) is 31.6 Å². The fourth-order valence-electron chi connectivity index (χ4n) is 2.79. The van der Waals surface area contributed by atoms with Crippen LogP contribution in [0.1, 0.15) is 31.7 Å². The van der Waals surface area contributed by atoms with Crippen molar-refractivity contribution in [3.63, 3.8) is 0 Å². The Bertz CT molecular complexity index is 401. The molecule has 0 saturated carbocycles. The lowest BCUT2D eigenvalue weighted by molar-refractivity contribution is 0.191. The van der Waals surface area contributed by atoms with Crippen LogP contribution in [0, 0.1) is 0 Å². The number of hydrogen-bond donors (Lipinski definition) is 1. The van der Waals surface area contributed by atoms with Crippen LogP contribution in [0.5, 0.6) is 0 Å². The lowest BCUT2D eigenvalue weighted by atomic mass is 9.74. The van der Waals surface area contributed by atoms with Crippen LogP contribution in [0.2, 0.25) is 10.0 Å². The Labute approximate surface area is 126 Å². The maximum atomic E-state index is 9.45. The van der Waals surface area contributed by atoms with Crippen molar-refractivity contribution in [1.29, 1.82) is 0 Å². The van der Waals surface area contributed by atoms with Crippen LogP contribution in [-0.4, -0.2) is 37.3 Å². The lowest BCUT2D eigenvalue weighted by Gasteiger charge is -2.36. The van der Waals surface area contributed by atoms with Gasteiger partial charge >= 0.3 is 0 Å². The van der Waals surface area contributed by atoms with Gasteiger partial charge in [-0.05, 0) is 44.6 Å². The van der Waals surface area contributed by atoms with Gasteiger partial charge in [0.25, 0.3) is 0 Å². The average molecular weight is 304 g/mol. The summed E-state index contributed by atoms with van der Waals surface area (Å²) < 4.78 is 0. The van der Waals surface area contributed by atoms with Crippen molar-refractivity contribution in [3.8, 4) is 0 Å². The average Bonchev–Trinajstić information content (AvgIpc) is 2.32. The number of nitrogens with zero attached hydrogens (tertiary/aromatic N) is 1. The lowest BCUT2D eigenvalue weighted by Crippen LogP contribution is -2.38. The second-order valence-corrected chi connectivity index (χ2v) is 6.19. The zero-order valence-corrected chi connectivity index (χ0v) is 13.4. The molecule has 1 rings (SSSR count). The first-order valence-corrected chi connectivity index (χ1v) is 7.42. The van der Waals surface area contributed by atoms with Gasteiger partial charge in [-0.15, -0.1) is 0 Å². The van der Waals surface area contributed by atoms with E-state index in [0.29, 0.717) is 10.0 Å². The zero-order chi connectivity index (χ0) is 14.5. The summed E-state index contributed by atoms with van der Waals surface area (Å²) >= 11 is 12.1. The van der Waals surface area contributed by atoms with Crippen molar-refractivity contribution < 1.29 is 5.11 Å². The molecule has 0 spiro atoms. The summed E-state index contributed by atoms with van der Waals surface area (Å²) in [6.45, 7) is 3.23. The molecule has 0 aliphatic heterocycles. The molecule has 4 heteroatoms. The van der Waals surface area contributed by atoms with Crippen LogP contribution in [0.3, 0.4) is 0 Å². The van der Waals surface area contributed by atoms with E-state index >= 15 is 0 Å². The van der Waals surface area contributed by atoms with Gasteiger partial charge in [0.05, 0.1) is 10.0 Å². The molecule has 108 valence electrons. The molecule has 1 atom stereocenters. The maximum Gasteiger partial charge on any atom is 0.0595 e. The molecule has 0 radical (unpaired) electrons. The molecule has 0 amide bonds. The van der Waals surface area contributed by atoms with Gasteiger partial charge in [-0.1, -0.05) is 42.6 Å². The van der Waals surface area contributed by atoms with Gasteiger partial charge in [-0.2, -0.15) is 0 Å². The summed E-state index contributed by atoms with van der Waals surface area (Å²) in [5.74, 6) is 0.